The number of ether oxygens (including phenoxy) is 1. The number of nitrogens with one attached hydrogen (secondary N) is 2. The highest BCUT2D eigenvalue weighted by Gasteiger charge is 2.23. The van der Waals surface area contributed by atoms with Gasteiger partial charge >= 0.3 is 6.09 Å². The number of nitrogens with zero attached hydrogens (tertiary/aromatic N) is 2. The number of aryl methyl sites for hydroxylation is 1. The zero-order valence-electron chi connectivity index (χ0n) is 17.0. The topological polar surface area (TPSA) is 83.6 Å². The number of benzene rings is 1. The van der Waals surface area contributed by atoms with Gasteiger partial charge < -0.3 is 20.3 Å². The molecule has 154 valence electrons. The first-order valence-electron chi connectivity index (χ1n) is 10.1. The standard InChI is InChI=1S/C22H28N4O3/c1-3-16-7-5-6-8-19(16)25-21(27)17-9-10-20(23-15-17)24-18-11-13-26(14-12-18)22(28)29-4-2/h5-10,15,18H,3-4,11-14H2,1-2H3,(H,23,24)(H,25,27). The van der Waals surface area contributed by atoms with E-state index in [-0.39, 0.29) is 18.0 Å². The Bertz CT molecular complexity index is 830. The van der Waals surface area contributed by atoms with Crippen molar-refractivity contribution in [1.29, 1.82) is 0 Å². The Labute approximate surface area is 171 Å². The lowest BCUT2D eigenvalue weighted by atomic mass is 10.1. The van der Waals surface area contributed by atoms with E-state index in [1.165, 1.54) is 0 Å². The Morgan fingerprint density at radius 3 is 2.55 bits per heavy atom. The lowest BCUT2D eigenvalue weighted by Gasteiger charge is -2.31. The molecule has 0 radical (unpaired) electrons. The highest BCUT2D eigenvalue weighted by atomic mass is 16.6. The maximum atomic E-state index is 12.5. The summed E-state index contributed by atoms with van der Waals surface area (Å²) in [5.41, 5.74) is 2.44. The van der Waals surface area contributed by atoms with Gasteiger partial charge in [-0.2, -0.15) is 0 Å². The molecule has 2 N–H and O–H groups in total. The molecule has 0 saturated carbocycles. The van der Waals surface area contributed by atoms with Gasteiger partial charge in [-0.05, 0) is 49.9 Å². The number of rotatable bonds is 6. The van der Waals surface area contributed by atoms with E-state index in [2.05, 4.69) is 22.5 Å². The van der Waals surface area contributed by atoms with Crippen molar-refractivity contribution in [2.75, 3.05) is 30.3 Å². The first kappa shape index (κ1) is 20.6. The van der Waals surface area contributed by atoms with E-state index in [4.69, 9.17) is 4.74 Å². The summed E-state index contributed by atoms with van der Waals surface area (Å²) < 4.78 is 5.04. The van der Waals surface area contributed by atoms with E-state index < -0.39 is 0 Å². The molecule has 2 heterocycles. The van der Waals surface area contributed by atoms with Gasteiger partial charge in [0.2, 0.25) is 0 Å². The van der Waals surface area contributed by atoms with Crippen LogP contribution in [0.2, 0.25) is 0 Å². The zero-order chi connectivity index (χ0) is 20.6. The zero-order valence-corrected chi connectivity index (χ0v) is 17.0. The molecule has 2 amide bonds. The van der Waals surface area contributed by atoms with Crippen LogP contribution in [0, 0.1) is 0 Å². The van der Waals surface area contributed by atoms with Gasteiger partial charge in [0.25, 0.3) is 5.91 Å². The number of anilines is 2. The van der Waals surface area contributed by atoms with Crippen molar-refractivity contribution in [2.24, 2.45) is 0 Å². The SMILES string of the molecule is CCOC(=O)N1CCC(Nc2ccc(C(=O)Nc3ccccc3CC)cn2)CC1. The molecule has 1 aromatic carbocycles. The highest BCUT2D eigenvalue weighted by molar-refractivity contribution is 6.04. The predicted octanol–water partition coefficient (Wildman–Crippen LogP) is 3.93. The van der Waals surface area contributed by atoms with Crippen LogP contribution in [-0.4, -0.2) is 47.6 Å². The summed E-state index contributed by atoms with van der Waals surface area (Å²) in [5, 5.41) is 6.34. The Balaban J connectivity index is 1.53. The number of pyridine rings is 1. The average molecular weight is 396 g/mol. The number of carbonyl (C=O) groups excluding carboxylic acids is 2. The molecule has 2 aromatic rings. The van der Waals surface area contributed by atoms with Crippen LogP contribution in [0.1, 0.15) is 42.6 Å². The van der Waals surface area contributed by atoms with E-state index in [1.54, 1.807) is 17.2 Å². The number of amides is 2. The normalized spacial score (nSPS) is 14.3. The second-order valence-electron chi connectivity index (χ2n) is 7.00. The van der Waals surface area contributed by atoms with Crippen LogP contribution >= 0.6 is 0 Å². The maximum Gasteiger partial charge on any atom is 0.409 e. The molecule has 1 aromatic heterocycles. The molecule has 0 atom stereocenters. The highest BCUT2D eigenvalue weighted by Crippen LogP contribution is 2.18. The number of hydrogen-bond donors (Lipinski definition) is 2. The Morgan fingerprint density at radius 2 is 1.90 bits per heavy atom. The van der Waals surface area contributed by atoms with Crippen molar-refractivity contribution in [1.82, 2.24) is 9.88 Å². The minimum Gasteiger partial charge on any atom is -0.450 e. The Kier molecular flexibility index (Phi) is 7.05. The smallest absolute Gasteiger partial charge is 0.409 e. The fourth-order valence-corrected chi connectivity index (χ4v) is 3.39. The monoisotopic (exact) mass is 396 g/mol. The fourth-order valence-electron chi connectivity index (χ4n) is 3.39. The van der Waals surface area contributed by atoms with Crippen molar-refractivity contribution in [2.45, 2.75) is 39.2 Å². The molecule has 1 fully saturated rings. The van der Waals surface area contributed by atoms with Crippen molar-refractivity contribution in [3.63, 3.8) is 0 Å². The van der Waals surface area contributed by atoms with E-state index in [9.17, 15) is 9.59 Å². The van der Waals surface area contributed by atoms with Crippen molar-refractivity contribution in [3.8, 4) is 0 Å². The third-order valence-corrected chi connectivity index (χ3v) is 5.05. The lowest BCUT2D eigenvalue weighted by Crippen LogP contribution is -2.42. The van der Waals surface area contributed by atoms with Crippen LogP contribution in [0.15, 0.2) is 42.6 Å². The first-order valence-corrected chi connectivity index (χ1v) is 10.1. The van der Waals surface area contributed by atoms with Gasteiger partial charge in [-0.3, -0.25) is 4.79 Å². The van der Waals surface area contributed by atoms with Crippen LogP contribution in [0.25, 0.3) is 0 Å². The van der Waals surface area contributed by atoms with Gasteiger partial charge in [0.1, 0.15) is 5.82 Å². The quantitative estimate of drug-likeness (QED) is 0.773. The molecule has 1 aliphatic rings. The van der Waals surface area contributed by atoms with Crippen molar-refractivity contribution >= 4 is 23.5 Å². The first-order chi connectivity index (χ1) is 14.1. The van der Waals surface area contributed by atoms with Crippen LogP contribution in [0.4, 0.5) is 16.3 Å². The molecule has 7 nitrogen and oxygen atoms in total. The van der Waals surface area contributed by atoms with Crippen molar-refractivity contribution < 1.29 is 14.3 Å². The summed E-state index contributed by atoms with van der Waals surface area (Å²) in [6.45, 7) is 5.58. The summed E-state index contributed by atoms with van der Waals surface area (Å²) in [5.74, 6) is 0.554. The molecule has 1 aliphatic heterocycles. The van der Waals surface area contributed by atoms with Crippen LogP contribution in [0.5, 0.6) is 0 Å². The minimum absolute atomic E-state index is 0.173. The van der Waals surface area contributed by atoms with Crippen LogP contribution in [0.3, 0.4) is 0 Å². The summed E-state index contributed by atoms with van der Waals surface area (Å²) in [6, 6.07) is 11.6. The Morgan fingerprint density at radius 1 is 1.14 bits per heavy atom. The number of aromatic nitrogens is 1. The van der Waals surface area contributed by atoms with Gasteiger partial charge in [-0.15, -0.1) is 0 Å². The number of hydrogen-bond acceptors (Lipinski definition) is 5. The fraction of sp³-hybridized carbons (Fsp3) is 0.409. The second-order valence-corrected chi connectivity index (χ2v) is 7.00. The minimum atomic E-state index is -0.246. The summed E-state index contributed by atoms with van der Waals surface area (Å²) in [6.07, 6.45) is 3.85. The molecule has 7 heteroatoms. The lowest BCUT2D eigenvalue weighted by molar-refractivity contribution is 0.0982. The molecule has 0 aliphatic carbocycles. The molecule has 3 rings (SSSR count). The van der Waals surface area contributed by atoms with Crippen LogP contribution in [-0.2, 0) is 11.2 Å². The van der Waals surface area contributed by atoms with E-state index in [0.717, 1.165) is 36.3 Å². The summed E-state index contributed by atoms with van der Waals surface area (Å²) >= 11 is 0. The van der Waals surface area contributed by atoms with Crippen molar-refractivity contribution in [3.05, 3.63) is 53.7 Å². The molecule has 1 saturated heterocycles. The van der Waals surface area contributed by atoms with Gasteiger partial charge in [-0.25, -0.2) is 9.78 Å². The predicted molar refractivity (Wildman–Crippen MR) is 113 cm³/mol. The summed E-state index contributed by atoms with van der Waals surface area (Å²) in [4.78, 5) is 30.4. The molecular formula is C22H28N4O3. The van der Waals surface area contributed by atoms with Gasteiger partial charge in [0, 0.05) is 31.0 Å². The number of carbonyl (C=O) groups is 2. The molecule has 0 unspecified atom stereocenters. The third kappa shape index (κ3) is 5.47. The van der Waals surface area contributed by atoms with E-state index in [0.29, 0.717) is 25.3 Å². The van der Waals surface area contributed by atoms with Crippen LogP contribution < -0.4 is 10.6 Å². The van der Waals surface area contributed by atoms with Gasteiger partial charge in [0.05, 0.1) is 12.2 Å². The third-order valence-electron chi connectivity index (χ3n) is 5.05. The van der Waals surface area contributed by atoms with E-state index in [1.807, 2.05) is 37.3 Å². The maximum absolute atomic E-state index is 12.5. The van der Waals surface area contributed by atoms with Gasteiger partial charge in [0.15, 0.2) is 0 Å². The number of para-hydroxylation sites is 1. The van der Waals surface area contributed by atoms with E-state index >= 15 is 0 Å². The molecular weight excluding hydrogens is 368 g/mol. The molecule has 0 bridgehead atoms. The average Bonchev–Trinajstić information content (AvgIpc) is 2.75. The number of piperidine rings is 1. The largest absolute Gasteiger partial charge is 0.450 e. The summed E-state index contributed by atoms with van der Waals surface area (Å²) in [7, 11) is 0. The van der Waals surface area contributed by atoms with Gasteiger partial charge in [-0.1, -0.05) is 25.1 Å². The number of likely N-dealkylation sites (tertiary alicyclic amines) is 1. The Hall–Kier alpha value is -3.09. The molecule has 0 spiro atoms. The molecule has 29 heavy (non-hydrogen) atoms. The second kappa shape index (κ2) is 9.91.